The second-order valence-corrected chi connectivity index (χ2v) is 6.99. The molecule has 0 N–H and O–H groups in total. The van der Waals surface area contributed by atoms with Crippen molar-refractivity contribution >= 4 is 27.5 Å². The summed E-state index contributed by atoms with van der Waals surface area (Å²) in [5.74, 6) is 1.15. The van der Waals surface area contributed by atoms with Crippen LogP contribution in [0.25, 0.3) is 0 Å². The average molecular weight is 362 g/mol. The molecule has 1 aromatic rings. The van der Waals surface area contributed by atoms with Gasteiger partial charge in [-0.1, -0.05) is 25.4 Å². The van der Waals surface area contributed by atoms with E-state index < -0.39 is 0 Å². The van der Waals surface area contributed by atoms with E-state index in [2.05, 4.69) is 58.7 Å². The first-order valence-electron chi connectivity index (χ1n) is 7.01. The number of hydrogen-bond acceptors (Lipinski definition) is 4. The molecule has 112 valence electrons. The van der Waals surface area contributed by atoms with Crippen molar-refractivity contribution in [2.75, 3.05) is 33.7 Å². The minimum Gasteiger partial charge on any atom is -0.304 e. The number of nitrogens with zero attached hydrogens (tertiary/aromatic N) is 4. The molecule has 6 heteroatoms. The van der Waals surface area contributed by atoms with Crippen LogP contribution in [0.15, 0.2) is 4.47 Å². The van der Waals surface area contributed by atoms with Gasteiger partial charge in [0, 0.05) is 6.54 Å². The maximum absolute atomic E-state index is 6.28. The molecule has 1 aliphatic heterocycles. The molecule has 0 aromatic carbocycles. The van der Waals surface area contributed by atoms with Crippen molar-refractivity contribution in [1.82, 2.24) is 19.8 Å². The number of rotatable bonds is 2. The highest BCUT2D eigenvalue weighted by molar-refractivity contribution is 9.10. The molecule has 1 saturated heterocycles. The van der Waals surface area contributed by atoms with Gasteiger partial charge in [-0.3, -0.25) is 4.90 Å². The van der Waals surface area contributed by atoms with Crippen molar-refractivity contribution < 1.29 is 0 Å². The van der Waals surface area contributed by atoms with Crippen molar-refractivity contribution in [2.24, 2.45) is 0 Å². The van der Waals surface area contributed by atoms with E-state index in [0.717, 1.165) is 35.6 Å². The summed E-state index contributed by atoms with van der Waals surface area (Å²) in [5, 5.41) is 0.513. The first kappa shape index (κ1) is 16.1. The maximum atomic E-state index is 6.28. The maximum Gasteiger partial charge on any atom is 0.148 e. The topological polar surface area (TPSA) is 32.3 Å². The minimum atomic E-state index is 0.200. The summed E-state index contributed by atoms with van der Waals surface area (Å²) in [6, 6.07) is 0.200. The van der Waals surface area contributed by atoms with Crippen molar-refractivity contribution in [1.29, 1.82) is 0 Å². The molecule has 1 unspecified atom stereocenters. The molecule has 20 heavy (non-hydrogen) atoms. The van der Waals surface area contributed by atoms with Crippen molar-refractivity contribution in [3.63, 3.8) is 0 Å². The smallest absolute Gasteiger partial charge is 0.148 e. The lowest BCUT2D eigenvalue weighted by Crippen LogP contribution is -2.32. The van der Waals surface area contributed by atoms with Crippen molar-refractivity contribution in [3.8, 4) is 0 Å². The van der Waals surface area contributed by atoms with Gasteiger partial charge in [-0.15, -0.1) is 0 Å². The van der Waals surface area contributed by atoms with Crippen molar-refractivity contribution in [2.45, 2.75) is 32.2 Å². The molecule has 1 fully saturated rings. The predicted molar refractivity (Wildman–Crippen MR) is 86.3 cm³/mol. The van der Waals surface area contributed by atoms with Crippen LogP contribution in [0.1, 0.15) is 43.7 Å². The number of likely N-dealkylation sites (N-methyl/N-ethyl adjacent to an activating group) is 2. The fraction of sp³-hybridized carbons (Fsp3) is 0.714. The van der Waals surface area contributed by atoms with E-state index in [1.165, 1.54) is 6.42 Å². The molecule has 1 aliphatic rings. The molecular formula is C14H22BrClN4. The average Bonchev–Trinajstić information content (AvgIpc) is 2.54. The zero-order chi connectivity index (χ0) is 14.9. The molecule has 0 aliphatic carbocycles. The van der Waals surface area contributed by atoms with E-state index in [1.807, 2.05) is 0 Å². The van der Waals surface area contributed by atoms with Crippen molar-refractivity contribution in [3.05, 3.63) is 21.1 Å². The molecule has 0 radical (unpaired) electrons. The Morgan fingerprint density at radius 3 is 2.60 bits per heavy atom. The molecule has 0 amide bonds. The first-order chi connectivity index (χ1) is 9.40. The lowest BCUT2D eigenvalue weighted by atomic mass is 10.1. The van der Waals surface area contributed by atoms with E-state index in [4.69, 9.17) is 16.6 Å². The van der Waals surface area contributed by atoms with Crippen LogP contribution >= 0.6 is 27.5 Å². The van der Waals surface area contributed by atoms with Gasteiger partial charge in [-0.05, 0) is 55.5 Å². The normalized spacial score (nSPS) is 22.2. The van der Waals surface area contributed by atoms with E-state index >= 15 is 0 Å². The first-order valence-corrected chi connectivity index (χ1v) is 8.18. The van der Waals surface area contributed by atoms with Crippen LogP contribution < -0.4 is 0 Å². The lowest BCUT2D eigenvalue weighted by molar-refractivity contribution is 0.219. The van der Waals surface area contributed by atoms with Gasteiger partial charge >= 0.3 is 0 Å². The third-order valence-electron chi connectivity index (χ3n) is 3.77. The largest absolute Gasteiger partial charge is 0.304 e. The summed E-state index contributed by atoms with van der Waals surface area (Å²) in [5.41, 5.74) is 0.986. The van der Waals surface area contributed by atoms with Gasteiger partial charge in [0.15, 0.2) is 0 Å². The van der Waals surface area contributed by atoms with Gasteiger partial charge in [0.25, 0.3) is 0 Å². The Kier molecular flexibility index (Phi) is 5.40. The summed E-state index contributed by atoms with van der Waals surface area (Å²) in [7, 11) is 4.29. The second kappa shape index (κ2) is 6.69. The van der Waals surface area contributed by atoms with Gasteiger partial charge < -0.3 is 4.90 Å². The van der Waals surface area contributed by atoms with Crippen LogP contribution in [0, 0.1) is 0 Å². The van der Waals surface area contributed by atoms with E-state index in [1.54, 1.807) is 0 Å². The molecule has 2 rings (SSSR count). The fourth-order valence-corrected chi connectivity index (χ4v) is 3.35. The zero-order valence-corrected chi connectivity index (χ0v) is 14.9. The van der Waals surface area contributed by atoms with Crippen LogP contribution in [0.3, 0.4) is 0 Å². The highest BCUT2D eigenvalue weighted by Gasteiger charge is 2.26. The van der Waals surface area contributed by atoms with Gasteiger partial charge in [-0.25, -0.2) is 9.97 Å². The summed E-state index contributed by atoms with van der Waals surface area (Å²) in [6.07, 6.45) is 1.17. The van der Waals surface area contributed by atoms with Crippen LogP contribution in [0.4, 0.5) is 0 Å². The predicted octanol–water partition coefficient (Wildman–Crippen LogP) is 3.32. The Hall–Kier alpha value is -0.230. The standard InChI is InChI=1S/C14H22BrClN4/c1-9(2)12-11(15)13(16)18-14(17-12)10-8-19(3)6-5-7-20(10)4/h9-10H,5-8H2,1-4H3. The van der Waals surface area contributed by atoms with E-state index in [0.29, 0.717) is 11.1 Å². The molecule has 0 bridgehead atoms. The fourth-order valence-electron chi connectivity index (χ4n) is 2.53. The summed E-state index contributed by atoms with van der Waals surface area (Å²) in [6.45, 7) is 7.35. The highest BCUT2D eigenvalue weighted by Crippen LogP contribution is 2.31. The highest BCUT2D eigenvalue weighted by atomic mass is 79.9. The van der Waals surface area contributed by atoms with E-state index in [9.17, 15) is 0 Å². The molecule has 1 aromatic heterocycles. The summed E-state index contributed by atoms with van der Waals surface area (Å²) < 4.78 is 0.822. The van der Waals surface area contributed by atoms with Crippen LogP contribution in [-0.4, -0.2) is 53.5 Å². The van der Waals surface area contributed by atoms with Gasteiger partial charge in [-0.2, -0.15) is 0 Å². The number of aromatic nitrogens is 2. The Labute approximate surface area is 134 Å². The molecule has 0 saturated carbocycles. The van der Waals surface area contributed by atoms with Gasteiger partial charge in [0.05, 0.1) is 16.2 Å². The third kappa shape index (κ3) is 3.50. The Morgan fingerprint density at radius 1 is 1.25 bits per heavy atom. The van der Waals surface area contributed by atoms with Crippen LogP contribution in [0.5, 0.6) is 0 Å². The lowest BCUT2D eigenvalue weighted by Gasteiger charge is -2.27. The monoisotopic (exact) mass is 360 g/mol. The molecule has 4 nitrogen and oxygen atoms in total. The van der Waals surface area contributed by atoms with Crippen LogP contribution in [-0.2, 0) is 0 Å². The van der Waals surface area contributed by atoms with E-state index in [-0.39, 0.29) is 6.04 Å². The third-order valence-corrected chi connectivity index (χ3v) is 5.05. The van der Waals surface area contributed by atoms with Gasteiger partial charge in [0.2, 0.25) is 0 Å². The molecule has 0 spiro atoms. The molecule has 1 atom stereocenters. The Bertz CT molecular complexity index is 480. The minimum absolute atomic E-state index is 0.200. The summed E-state index contributed by atoms with van der Waals surface area (Å²) in [4.78, 5) is 13.9. The number of halogens is 2. The zero-order valence-electron chi connectivity index (χ0n) is 12.5. The Morgan fingerprint density at radius 2 is 1.95 bits per heavy atom. The molecule has 2 heterocycles. The quantitative estimate of drug-likeness (QED) is 0.756. The Balaban J connectivity index is 2.40. The summed E-state index contributed by atoms with van der Waals surface area (Å²) >= 11 is 9.78. The second-order valence-electron chi connectivity index (χ2n) is 5.84. The van der Waals surface area contributed by atoms with Gasteiger partial charge in [0.1, 0.15) is 11.0 Å². The SMILES string of the molecule is CC(C)c1nc(C2CN(C)CCCN2C)nc(Cl)c1Br. The molecular weight excluding hydrogens is 340 g/mol. The number of hydrogen-bond donors (Lipinski definition) is 0. The van der Waals surface area contributed by atoms with Crippen LogP contribution in [0.2, 0.25) is 5.15 Å².